The van der Waals surface area contributed by atoms with Crippen molar-refractivity contribution in [2.75, 3.05) is 12.4 Å². The number of hydrogen-bond acceptors (Lipinski definition) is 4. The van der Waals surface area contributed by atoms with E-state index in [1.165, 1.54) is 0 Å². The van der Waals surface area contributed by atoms with Gasteiger partial charge >= 0.3 is 5.97 Å². The molecule has 1 aromatic rings. The standard InChI is InChI=1S/C10H10O3S/c11-9(6-13-10(12)7-14)8-4-2-1-3-5-8/h1-5,14H,6-7H2. The van der Waals surface area contributed by atoms with E-state index in [2.05, 4.69) is 17.4 Å². The largest absolute Gasteiger partial charge is 0.457 e. The molecule has 0 saturated carbocycles. The molecular formula is C10H10O3S. The van der Waals surface area contributed by atoms with Gasteiger partial charge in [-0.1, -0.05) is 30.3 Å². The monoisotopic (exact) mass is 210 g/mol. The maximum absolute atomic E-state index is 11.4. The molecule has 0 aliphatic carbocycles. The summed E-state index contributed by atoms with van der Waals surface area (Å²) in [5, 5.41) is 0. The van der Waals surface area contributed by atoms with Crippen molar-refractivity contribution in [3.05, 3.63) is 35.9 Å². The summed E-state index contributed by atoms with van der Waals surface area (Å²) in [7, 11) is 0. The minimum Gasteiger partial charge on any atom is -0.457 e. The van der Waals surface area contributed by atoms with Gasteiger partial charge in [-0.3, -0.25) is 9.59 Å². The Kier molecular flexibility index (Phi) is 4.19. The zero-order valence-corrected chi connectivity index (χ0v) is 8.37. The lowest BCUT2D eigenvalue weighted by Gasteiger charge is -2.01. The highest BCUT2D eigenvalue weighted by molar-refractivity contribution is 7.81. The van der Waals surface area contributed by atoms with E-state index < -0.39 is 5.97 Å². The van der Waals surface area contributed by atoms with Gasteiger partial charge in [0.15, 0.2) is 12.4 Å². The quantitative estimate of drug-likeness (QED) is 0.463. The average molecular weight is 210 g/mol. The van der Waals surface area contributed by atoms with E-state index in [-0.39, 0.29) is 18.1 Å². The third kappa shape index (κ3) is 3.22. The highest BCUT2D eigenvalue weighted by atomic mass is 32.1. The Morgan fingerprint density at radius 1 is 1.21 bits per heavy atom. The van der Waals surface area contributed by atoms with Crippen molar-refractivity contribution in [2.24, 2.45) is 0 Å². The molecule has 1 aromatic carbocycles. The Morgan fingerprint density at radius 3 is 2.43 bits per heavy atom. The van der Waals surface area contributed by atoms with Crippen LogP contribution >= 0.6 is 12.6 Å². The second-order valence-corrected chi connectivity index (χ2v) is 2.92. The van der Waals surface area contributed by atoms with Crippen LogP contribution in [-0.2, 0) is 9.53 Å². The molecule has 0 heterocycles. The van der Waals surface area contributed by atoms with Crippen LogP contribution in [0.1, 0.15) is 10.4 Å². The van der Waals surface area contributed by atoms with Crippen LogP contribution < -0.4 is 0 Å². The minimum absolute atomic E-state index is 0.0118. The summed E-state index contributed by atoms with van der Waals surface area (Å²) < 4.78 is 4.64. The predicted molar refractivity (Wildman–Crippen MR) is 55.6 cm³/mol. The zero-order chi connectivity index (χ0) is 10.4. The average Bonchev–Trinajstić information content (AvgIpc) is 2.26. The van der Waals surface area contributed by atoms with E-state index in [9.17, 15) is 9.59 Å². The molecule has 14 heavy (non-hydrogen) atoms. The van der Waals surface area contributed by atoms with Crippen molar-refractivity contribution >= 4 is 24.4 Å². The van der Waals surface area contributed by atoms with Crippen molar-refractivity contribution in [2.45, 2.75) is 0 Å². The molecule has 4 heteroatoms. The number of rotatable bonds is 4. The van der Waals surface area contributed by atoms with Gasteiger partial charge in [-0.2, -0.15) is 12.6 Å². The van der Waals surface area contributed by atoms with E-state index in [0.717, 1.165) is 0 Å². The van der Waals surface area contributed by atoms with Gasteiger partial charge in [0.2, 0.25) is 0 Å². The van der Waals surface area contributed by atoms with Crippen molar-refractivity contribution in [1.82, 2.24) is 0 Å². The number of carbonyl (C=O) groups is 2. The number of ketones is 1. The van der Waals surface area contributed by atoms with Crippen LogP contribution in [0, 0.1) is 0 Å². The van der Waals surface area contributed by atoms with Crippen LogP contribution in [0.2, 0.25) is 0 Å². The Hall–Kier alpha value is -1.29. The first-order chi connectivity index (χ1) is 6.74. The van der Waals surface area contributed by atoms with Crippen LogP contribution in [-0.4, -0.2) is 24.1 Å². The summed E-state index contributed by atoms with van der Waals surface area (Å²) >= 11 is 3.72. The number of thiol groups is 1. The molecule has 0 aliphatic heterocycles. The molecule has 1 rings (SSSR count). The van der Waals surface area contributed by atoms with E-state index >= 15 is 0 Å². The summed E-state index contributed by atoms with van der Waals surface area (Å²) in [6.45, 7) is -0.219. The molecule has 74 valence electrons. The first kappa shape index (κ1) is 10.8. The topological polar surface area (TPSA) is 43.4 Å². The molecule has 0 aromatic heterocycles. The van der Waals surface area contributed by atoms with Crippen LogP contribution in [0.5, 0.6) is 0 Å². The Morgan fingerprint density at radius 2 is 1.86 bits per heavy atom. The summed E-state index contributed by atoms with van der Waals surface area (Å²) in [5.74, 6) is -0.708. The fourth-order valence-electron chi connectivity index (χ4n) is 0.899. The van der Waals surface area contributed by atoms with Crippen LogP contribution in [0.3, 0.4) is 0 Å². The first-order valence-electron chi connectivity index (χ1n) is 4.09. The van der Waals surface area contributed by atoms with Crippen molar-refractivity contribution < 1.29 is 14.3 Å². The summed E-state index contributed by atoms with van der Waals surface area (Å²) in [4.78, 5) is 22.1. The highest BCUT2D eigenvalue weighted by Gasteiger charge is 2.07. The smallest absolute Gasteiger partial charge is 0.316 e. The molecule has 0 saturated heterocycles. The van der Waals surface area contributed by atoms with Gasteiger partial charge in [0, 0.05) is 5.56 Å². The molecule has 0 aliphatic rings. The summed E-state index contributed by atoms with van der Waals surface area (Å²) in [5.41, 5.74) is 0.541. The lowest BCUT2D eigenvalue weighted by molar-refractivity contribution is -0.139. The molecule has 0 N–H and O–H groups in total. The van der Waals surface area contributed by atoms with Gasteiger partial charge in [0.25, 0.3) is 0 Å². The minimum atomic E-state index is -0.488. The fourth-order valence-corrected chi connectivity index (χ4v) is 0.990. The van der Waals surface area contributed by atoms with E-state index in [4.69, 9.17) is 0 Å². The van der Waals surface area contributed by atoms with Gasteiger partial charge in [-0.15, -0.1) is 0 Å². The fraction of sp³-hybridized carbons (Fsp3) is 0.200. The van der Waals surface area contributed by atoms with Gasteiger partial charge < -0.3 is 4.74 Å². The number of hydrogen-bond donors (Lipinski definition) is 1. The number of carbonyl (C=O) groups excluding carboxylic acids is 2. The maximum Gasteiger partial charge on any atom is 0.316 e. The van der Waals surface area contributed by atoms with Gasteiger partial charge in [-0.05, 0) is 0 Å². The maximum atomic E-state index is 11.4. The third-order valence-electron chi connectivity index (χ3n) is 1.59. The molecule has 0 atom stereocenters. The summed E-state index contributed by atoms with van der Waals surface area (Å²) in [6.07, 6.45) is 0. The summed E-state index contributed by atoms with van der Waals surface area (Å²) in [6, 6.07) is 8.69. The van der Waals surface area contributed by atoms with Gasteiger partial charge in [0.05, 0.1) is 5.75 Å². The molecule has 0 bridgehead atoms. The van der Waals surface area contributed by atoms with Crippen molar-refractivity contribution in [1.29, 1.82) is 0 Å². The van der Waals surface area contributed by atoms with Crippen molar-refractivity contribution in [3.63, 3.8) is 0 Å². The predicted octanol–water partition coefficient (Wildman–Crippen LogP) is 1.34. The van der Waals surface area contributed by atoms with E-state index in [0.29, 0.717) is 5.56 Å². The third-order valence-corrected chi connectivity index (χ3v) is 1.85. The molecule has 0 spiro atoms. The Bertz CT molecular complexity index is 321. The highest BCUT2D eigenvalue weighted by Crippen LogP contribution is 2.00. The second kappa shape index (κ2) is 5.44. The number of esters is 1. The molecule has 0 unspecified atom stereocenters. The first-order valence-corrected chi connectivity index (χ1v) is 4.72. The molecule has 0 fully saturated rings. The van der Waals surface area contributed by atoms with Crippen LogP contribution in [0.25, 0.3) is 0 Å². The molecule has 0 amide bonds. The molecule has 0 radical (unpaired) electrons. The van der Waals surface area contributed by atoms with E-state index in [1.807, 2.05) is 6.07 Å². The Balaban J connectivity index is 2.48. The van der Waals surface area contributed by atoms with Crippen molar-refractivity contribution in [3.8, 4) is 0 Å². The Labute approximate surface area is 87.5 Å². The van der Waals surface area contributed by atoms with E-state index in [1.54, 1.807) is 24.3 Å². The lowest BCUT2D eigenvalue weighted by Crippen LogP contribution is -2.14. The normalized spacial score (nSPS) is 9.50. The van der Waals surface area contributed by atoms with Gasteiger partial charge in [-0.25, -0.2) is 0 Å². The number of Topliss-reactive ketones (excluding diaryl/α,β-unsaturated/α-hetero) is 1. The molecule has 3 nitrogen and oxygen atoms in total. The second-order valence-electron chi connectivity index (χ2n) is 2.61. The van der Waals surface area contributed by atoms with Crippen LogP contribution in [0.4, 0.5) is 0 Å². The lowest BCUT2D eigenvalue weighted by atomic mass is 10.1. The molecular weight excluding hydrogens is 200 g/mol. The zero-order valence-electron chi connectivity index (χ0n) is 7.47. The van der Waals surface area contributed by atoms with Gasteiger partial charge in [0.1, 0.15) is 0 Å². The number of benzene rings is 1. The van der Waals surface area contributed by atoms with Crippen LogP contribution in [0.15, 0.2) is 30.3 Å². The SMILES string of the molecule is O=C(CS)OCC(=O)c1ccccc1. The number of ether oxygens (including phenoxy) is 1.